The lowest BCUT2D eigenvalue weighted by Crippen LogP contribution is -2.33. The Morgan fingerprint density at radius 2 is 1.56 bits per heavy atom. The lowest BCUT2D eigenvalue weighted by atomic mass is 10.1. The molecule has 1 saturated heterocycles. The van der Waals surface area contributed by atoms with Crippen LogP contribution in [0.5, 0.6) is 28.7 Å². The van der Waals surface area contributed by atoms with Gasteiger partial charge in [0.05, 0.1) is 4.88 Å². The van der Waals surface area contributed by atoms with Gasteiger partial charge in [-0.1, -0.05) is 6.42 Å². The molecule has 0 aliphatic carbocycles. The molecule has 36 heavy (non-hydrogen) atoms. The van der Waals surface area contributed by atoms with Gasteiger partial charge in [0.15, 0.2) is 12.5 Å². The van der Waals surface area contributed by atoms with Crippen LogP contribution in [-0.2, 0) is 4.74 Å². The van der Waals surface area contributed by atoms with E-state index < -0.39 is 0 Å². The molecule has 0 amide bonds. The molecule has 6 nitrogen and oxygen atoms in total. The highest BCUT2D eigenvalue weighted by Gasteiger charge is 2.17. The Balaban J connectivity index is 1.35. The fraction of sp³-hybridized carbons (Fsp3) is 0.310. The first kappa shape index (κ1) is 24.4. The molecule has 2 heterocycles. The molecule has 0 atom stereocenters. The van der Waals surface area contributed by atoms with E-state index >= 15 is 0 Å². The topological polar surface area (TPSA) is 60.4 Å². The molecule has 0 unspecified atom stereocenters. The number of rotatable bonds is 10. The summed E-state index contributed by atoms with van der Waals surface area (Å²) in [5, 5.41) is 10.8. The fourth-order valence-corrected chi connectivity index (χ4v) is 5.54. The molecule has 7 heteroatoms. The van der Waals surface area contributed by atoms with Gasteiger partial charge in [-0.3, -0.25) is 4.90 Å². The summed E-state index contributed by atoms with van der Waals surface area (Å²) in [4.78, 5) is 3.45. The van der Waals surface area contributed by atoms with Crippen molar-refractivity contribution < 1.29 is 24.1 Å². The number of hydrogen-bond acceptors (Lipinski definition) is 7. The molecule has 5 rings (SSSR count). The quantitative estimate of drug-likeness (QED) is 0.236. The van der Waals surface area contributed by atoms with Gasteiger partial charge in [-0.25, -0.2) is 0 Å². The maximum Gasteiger partial charge on any atom is 0.188 e. The van der Waals surface area contributed by atoms with E-state index in [0.29, 0.717) is 6.61 Å². The Morgan fingerprint density at radius 3 is 2.31 bits per heavy atom. The van der Waals surface area contributed by atoms with E-state index in [1.807, 2.05) is 54.6 Å². The van der Waals surface area contributed by atoms with Crippen LogP contribution in [0.15, 0.2) is 66.7 Å². The fourth-order valence-electron chi connectivity index (χ4n) is 4.37. The lowest BCUT2D eigenvalue weighted by molar-refractivity contribution is 0.0512. The van der Waals surface area contributed by atoms with Gasteiger partial charge in [-0.05, 0) is 98.2 Å². The molecule has 1 aliphatic rings. The molecule has 1 aliphatic heterocycles. The number of nitrogens with zero attached hydrogens (tertiary/aromatic N) is 1. The number of ether oxygens (including phenoxy) is 4. The van der Waals surface area contributed by atoms with Crippen molar-refractivity contribution in [2.75, 3.05) is 40.1 Å². The predicted molar refractivity (Wildman–Crippen MR) is 144 cm³/mol. The zero-order valence-electron chi connectivity index (χ0n) is 20.4. The van der Waals surface area contributed by atoms with Gasteiger partial charge in [-0.15, -0.1) is 11.3 Å². The smallest absolute Gasteiger partial charge is 0.188 e. The summed E-state index contributed by atoms with van der Waals surface area (Å²) in [6, 6.07) is 20.9. The second-order valence-corrected chi connectivity index (χ2v) is 9.89. The Morgan fingerprint density at radius 1 is 0.833 bits per heavy atom. The van der Waals surface area contributed by atoms with Crippen molar-refractivity contribution in [1.82, 2.24) is 4.90 Å². The molecule has 1 N–H and O–H groups in total. The molecule has 1 fully saturated rings. The van der Waals surface area contributed by atoms with Crippen LogP contribution in [0.2, 0.25) is 0 Å². The van der Waals surface area contributed by atoms with E-state index in [1.165, 1.54) is 32.4 Å². The van der Waals surface area contributed by atoms with E-state index in [-0.39, 0.29) is 12.5 Å². The molecule has 3 aromatic carbocycles. The van der Waals surface area contributed by atoms with Crippen molar-refractivity contribution >= 4 is 21.4 Å². The van der Waals surface area contributed by atoms with Crippen molar-refractivity contribution in [3.8, 4) is 39.2 Å². The summed E-state index contributed by atoms with van der Waals surface area (Å²) in [5.74, 6) is 3.32. The number of benzene rings is 3. The summed E-state index contributed by atoms with van der Waals surface area (Å²) in [5.41, 5.74) is 0.973. The Kier molecular flexibility index (Phi) is 7.91. The summed E-state index contributed by atoms with van der Waals surface area (Å²) in [6.45, 7) is 4.19. The number of piperidine rings is 1. The zero-order valence-corrected chi connectivity index (χ0v) is 21.3. The third-order valence-electron chi connectivity index (χ3n) is 6.26. The van der Waals surface area contributed by atoms with Gasteiger partial charge in [0.2, 0.25) is 0 Å². The SMILES string of the molecule is COCOc1ccc2c(Oc3ccc(OCCN4CCCCC4)cc3)c(-c3ccc(O)cc3)sc2c1. The molecule has 1 aromatic heterocycles. The maximum absolute atomic E-state index is 9.76. The van der Waals surface area contributed by atoms with Crippen LogP contribution in [-0.4, -0.2) is 50.2 Å². The lowest BCUT2D eigenvalue weighted by Gasteiger charge is -2.26. The Bertz CT molecular complexity index is 1260. The van der Waals surface area contributed by atoms with Crippen LogP contribution in [0.25, 0.3) is 20.5 Å². The summed E-state index contributed by atoms with van der Waals surface area (Å²) in [7, 11) is 1.60. The van der Waals surface area contributed by atoms with Gasteiger partial charge >= 0.3 is 0 Å². The highest BCUT2D eigenvalue weighted by molar-refractivity contribution is 7.22. The first-order valence-electron chi connectivity index (χ1n) is 12.3. The minimum Gasteiger partial charge on any atom is -0.508 e. The van der Waals surface area contributed by atoms with Crippen LogP contribution >= 0.6 is 11.3 Å². The third-order valence-corrected chi connectivity index (χ3v) is 7.44. The van der Waals surface area contributed by atoms with Crippen molar-refractivity contribution in [3.05, 3.63) is 66.7 Å². The third kappa shape index (κ3) is 5.93. The first-order chi connectivity index (χ1) is 17.7. The predicted octanol–water partition coefficient (Wildman–Crippen LogP) is 6.91. The van der Waals surface area contributed by atoms with Crippen molar-refractivity contribution in [2.24, 2.45) is 0 Å². The van der Waals surface area contributed by atoms with E-state index in [0.717, 1.165) is 50.1 Å². The minimum atomic E-state index is 0.192. The Hall–Kier alpha value is -3.26. The summed E-state index contributed by atoms with van der Waals surface area (Å²) in [6.07, 6.45) is 3.92. The molecular formula is C29H31NO5S. The van der Waals surface area contributed by atoms with E-state index in [4.69, 9.17) is 18.9 Å². The second-order valence-electron chi connectivity index (χ2n) is 8.84. The second kappa shape index (κ2) is 11.6. The number of methoxy groups -OCH3 is 1. The molecule has 4 aromatic rings. The van der Waals surface area contributed by atoms with Crippen LogP contribution in [0.4, 0.5) is 0 Å². The molecule has 0 bridgehead atoms. The summed E-state index contributed by atoms with van der Waals surface area (Å²) >= 11 is 1.62. The van der Waals surface area contributed by atoms with Gasteiger partial charge in [0.1, 0.15) is 29.6 Å². The summed E-state index contributed by atoms with van der Waals surface area (Å²) < 4.78 is 24.1. The average Bonchev–Trinajstić information content (AvgIpc) is 3.27. The van der Waals surface area contributed by atoms with Crippen LogP contribution in [0, 0.1) is 0 Å². The average molecular weight is 506 g/mol. The van der Waals surface area contributed by atoms with Gasteiger partial charge in [0, 0.05) is 23.7 Å². The van der Waals surface area contributed by atoms with Gasteiger partial charge in [-0.2, -0.15) is 0 Å². The van der Waals surface area contributed by atoms with Crippen molar-refractivity contribution in [1.29, 1.82) is 0 Å². The van der Waals surface area contributed by atoms with E-state index in [2.05, 4.69) is 4.90 Å². The van der Waals surface area contributed by atoms with Gasteiger partial charge in [0.25, 0.3) is 0 Å². The largest absolute Gasteiger partial charge is 0.508 e. The number of likely N-dealkylation sites (tertiary alicyclic amines) is 1. The van der Waals surface area contributed by atoms with Crippen LogP contribution < -0.4 is 14.2 Å². The molecule has 0 spiro atoms. The normalized spacial score (nSPS) is 14.1. The standard InChI is InChI=1S/C29H31NO5S/c1-32-20-34-25-13-14-26-27(19-25)36-29(21-5-7-22(31)8-6-21)28(26)35-24-11-9-23(10-12-24)33-18-17-30-15-3-2-4-16-30/h5-14,19,31H,2-4,15-18,20H2,1H3. The van der Waals surface area contributed by atoms with Crippen molar-refractivity contribution in [3.63, 3.8) is 0 Å². The number of phenols is 1. The molecule has 0 radical (unpaired) electrons. The number of aromatic hydroxyl groups is 1. The highest BCUT2D eigenvalue weighted by Crippen LogP contribution is 2.47. The maximum atomic E-state index is 9.76. The molecular weight excluding hydrogens is 474 g/mol. The van der Waals surface area contributed by atoms with Crippen LogP contribution in [0.3, 0.4) is 0 Å². The zero-order chi connectivity index (χ0) is 24.7. The number of phenolic OH excluding ortho intramolecular Hbond substituents is 1. The van der Waals surface area contributed by atoms with Gasteiger partial charge < -0.3 is 24.1 Å². The van der Waals surface area contributed by atoms with Crippen molar-refractivity contribution in [2.45, 2.75) is 19.3 Å². The number of fused-ring (bicyclic) bond motifs is 1. The van der Waals surface area contributed by atoms with E-state index in [9.17, 15) is 5.11 Å². The number of hydrogen-bond donors (Lipinski definition) is 1. The van der Waals surface area contributed by atoms with Crippen LogP contribution in [0.1, 0.15) is 19.3 Å². The number of thiophene rings is 1. The Labute approximate surface area is 215 Å². The van der Waals surface area contributed by atoms with E-state index in [1.54, 1.807) is 30.6 Å². The molecule has 188 valence electrons. The minimum absolute atomic E-state index is 0.192. The first-order valence-corrected chi connectivity index (χ1v) is 13.1. The monoisotopic (exact) mass is 505 g/mol. The molecule has 0 saturated carbocycles. The highest BCUT2D eigenvalue weighted by atomic mass is 32.1.